The number of alkyl halides is 3. The monoisotopic (exact) mass is 290 g/mol. The fourth-order valence-electron chi connectivity index (χ4n) is 2.29. The molecule has 4 nitrogen and oxygen atoms in total. The first-order valence-corrected chi connectivity index (χ1v) is 6.41. The van der Waals surface area contributed by atoms with Crippen molar-refractivity contribution in [2.45, 2.75) is 38.1 Å². The highest BCUT2D eigenvalue weighted by Gasteiger charge is 2.33. The molecule has 2 heterocycles. The first-order chi connectivity index (χ1) is 9.18. The van der Waals surface area contributed by atoms with E-state index in [9.17, 15) is 23.1 Å². The summed E-state index contributed by atoms with van der Waals surface area (Å²) in [5.74, 6) is -0.422. The molecule has 1 saturated heterocycles. The molecule has 1 aliphatic rings. The molecule has 7 heteroatoms. The number of amides is 1. The van der Waals surface area contributed by atoms with Gasteiger partial charge < -0.3 is 14.6 Å². The fourth-order valence-corrected chi connectivity index (χ4v) is 2.29. The Labute approximate surface area is 114 Å². The number of carbonyl (C=O) groups is 1. The molecule has 1 aromatic heterocycles. The van der Waals surface area contributed by atoms with Crippen molar-refractivity contribution in [3.8, 4) is 0 Å². The SMILES string of the molecule is CC1(O)CCN(C(=O)c2cccn2CC(F)(F)F)CC1. The van der Waals surface area contributed by atoms with Gasteiger partial charge in [0.15, 0.2) is 0 Å². The molecule has 0 saturated carbocycles. The van der Waals surface area contributed by atoms with Gasteiger partial charge in [-0.3, -0.25) is 4.79 Å². The molecule has 0 bridgehead atoms. The summed E-state index contributed by atoms with van der Waals surface area (Å²) in [6.07, 6.45) is -2.25. The second-order valence-corrected chi connectivity index (χ2v) is 5.43. The lowest BCUT2D eigenvalue weighted by molar-refractivity contribution is -0.140. The molecule has 112 valence electrons. The Morgan fingerprint density at radius 3 is 2.55 bits per heavy atom. The molecule has 2 rings (SSSR count). The van der Waals surface area contributed by atoms with Crippen LogP contribution in [-0.2, 0) is 6.54 Å². The van der Waals surface area contributed by atoms with Gasteiger partial charge in [0.2, 0.25) is 0 Å². The van der Waals surface area contributed by atoms with Crippen LogP contribution in [0.4, 0.5) is 13.2 Å². The summed E-state index contributed by atoms with van der Waals surface area (Å²) < 4.78 is 38.2. The standard InChI is InChI=1S/C13H17F3N2O2/c1-12(20)4-7-17(8-5-12)11(19)10-3-2-6-18(10)9-13(14,15)16/h2-3,6,20H,4-5,7-9H2,1H3. The van der Waals surface area contributed by atoms with E-state index in [-0.39, 0.29) is 5.69 Å². The summed E-state index contributed by atoms with van der Waals surface area (Å²) in [6, 6.07) is 2.82. The third-order valence-corrected chi connectivity index (χ3v) is 3.53. The zero-order valence-corrected chi connectivity index (χ0v) is 11.2. The van der Waals surface area contributed by atoms with Crippen molar-refractivity contribution < 1.29 is 23.1 Å². The second-order valence-electron chi connectivity index (χ2n) is 5.43. The predicted molar refractivity (Wildman–Crippen MR) is 66.2 cm³/mol. The molecule has 0 atom stereocenters. The Morgan fingerprint density at radius 1 is 1.40 bits per heavy atom. The van der Waals surface area contributed by atoms with Crippen LogP contribution in [0.15, 0.2) is 18.3 Å². The number of piperidine rings is 1. The van der Waals surface area contributed by atoms with Crippen molar-refractivity contribution in [3.63, 3.8) is 0 Å². The summed E-state index contributed by atoms with van der Waals surface area (Å²) in [5, 5.41) is 9.82. The van der Waals surface area contributed by atoms with Gasteiger partial charge in [0.05, 0.1) is 5.60 Å². The number of nitrogens with zero attached hydrogens (tertiary/aromatic N) is 2. The molecule has 20 heavy (non-hydrogen) atoms. The van der Waals surface area contributed by atoms with Crippen LogP contribution in [0.2, 0.25) is 0 Å². The highest BCUT2D eigenvalue weighted by molar-refractivity contribution is 5.92. The van der Waals surface area contributed by atoms with Gasteiger partial charge in [-0.2, -0.15) is 13.2 Å². The maximum absolute atomic E-state index is 12.4. The molecular formula is C13H17F3N2O2. The van der Waals surface area contributed by atoms with E-state index in [1.54, 1.807) is 6.92 Å². The van der Waals surface area contributed by atoms with Gasteiger partial charge >= 0.3 is 6.18 Å². The number of rotatable bonds is 2. The van der Waals surface area contributed by atoms with Gasteiger partial charge in [0, 0.05) is 19.3 Å². The normalized spacial score (nSPS) is 19.1. The number of aromatic nitrogens is 1. The van der Waals surface area contributed by atoms with Gasteiger partial charge in [-0.15, -0.1) is 0 Å². The summed E-state index contributed by atoms with van der Waals surface area (Å²) >= 11 is 0. The number of halogens is 3. The van der Waals surface area contributed by atoms with E-state index in [4.69, 9.17) is 0 Å². The maximum atomic E-state index is 12.4. The average Bonchev–Trinajstić information content (AvgIpc) is 2.73. The van der Waals surface area contributed by atoms with Gasteiger partial charge in [-0.05, 0) is 31.9 Å². The minimum Gasteiger partial charge on any atom is -0.390 e. The van der Waals surface area contributed by atoms with Crippen molar-refractivity contribution in [1.82, 2.24) is 9.47 Å². The lowest BCUT2D eigenvalue weighted by Crippen LogP contribution is -2.45. The van der Waals surface area contributed by atoms with Crippen LogP contribution >= 0.6 is 0 Å². The minimum atomic E-state index is -4.36. The van der Waals surface area contributed by atoms with Crippen LogP contribution < -0.4 is 0 Å². The molecule has 1 N–H and O–H groups in total. The Morgan fingerprint density at radius 2 is 2.00 bits per heavy atom. The average molecular weight is 290 g/mol. The van der Waals surface area contributed by atoms with Gasteiger partial charge in [0.25, 0.3) is 5.91 Å². The van der Waals surface area contributed by atoms with Crippen LogP contribution in [0.3, 0.4) is 0 Å². The lowest BCUT2D eigenvalue weighted by Gasteiger charge is -2.35. The smallest absolute Gasteiger partial charge is 0.390 e. The number of carbonyl (C=O) groups excluding carboxylic acids is 1. The zero-order valence-electron chi connectivity index (χ0n) is 11.2. The number of aliphatic hydroxyl groups is 1. The lowest BCUT2D eigenvalue weighted by atomic mass is 9.94. The van der Waals surface area contributed by atoms with Crippen LogP contribution in [0.25, 0.3) is 0 Å². The van der Waals surface area contributed by atoms with Crippen LogP contribution in [-0.4, -0.2) is 45.3 Å². The molecule has 1 aliphatic heterocycles. The molecular weight excluding hydrogens is 273 g/mol. The zero-order chi connectivity index (χ0) is 15.0. The van der Waals surface area contributed by atoms with E-state index in [0.29, 0.717) is 25.9 Å². The quantitative estimate of drug-likeness (QED) is 0.906. The number of hydrogen-bond donors (Lipinski definition) is 1. The van der Waals surface area contributed by atoms with Crippen molar-refractivity contribution in [2.75, 3.05) is 13.1 Å². The highest BCUT2D eigenvalue weighted by Crippen LogP contribution is 2.24. The van der Waals surface area contributed by atoms with Crippen LogP contribution in [0, 0.1) is 0 Å². The highest BCUT2D eigenvalue weighted by atomic mass is 19.4. The van der Waals surface area contributed by atoms with E-state index < -0.39 is 24.2 Å². The molecule has 0 aromatic carbocycles. The first kappa shape index (κ1) is 14.9. The summed E-state index contributed by atoms with van der Waals surface area (Å²) in [5.41, 5.74) is -0.769. The van der Waals surface area contributed by atoms with Crippen molar-refractivity contribution in [1.29, 1.82) is 0 Å². The Bertz CT molecular complexity index is 484. The molecule has 1 aromatic rings. The van der Waals surface area contributed by atoms with Gasteiger partial charge in [-0.25, -0.2) is 0 Å². The van der Waals surface area contributed by atoms with Crippen molar-refractivity contribution in [3.05, 3.63) is 24.0 Å². The summed E-state index contributed by atoms with van der Waals surface area (Å²) in [6.45, 7) is 1.22. The molecule has 0 unspecified atom stereocenters. The Hall–Kier alpha value is -1.50. The van der Waals surface area contributed by atoms with E-state index >= 15 is 0 Å². The van der Waals surface area contributed by atoms with E-state index in [2.05, 4.69) is 0 Å². The molecule has 1 amide bonds. The first-order valence-electron chi connectivity index (χ1n) is 6.41. The minimum absolute atomic E-state index is 0.0314. The summed E-state index contributed by atoms with van der Waals surface area (Å²) in [4.78, 5) is 13.7. The predicted octanol–water partition coefficient (Wildman–Crippen LogP) is 2.04. The van der Waals surface area contributed by atoms with E-state index in [1.165, 1.54) is 23.2 Å². The maximum Gasteiger partial charge on any atom is 0.406 e. The largest absolute Gasteiger partial charge is 0.406 e. The van der Waals surface area contributed by atoms with E-state index in [1.807, 2.05) is 0 Å². The topological polar surface area (TPSA) is 45.5 Å². The van der Waals surface area contributed by atoms with Gasteiger partial charge in [-0.1, -0.05) is 0 Å². The van der Waals surface area contributed by atoms with E-state index in [0.717, 1.165) is 4.57 Å². The third-order valence-electron chi connectivity index (χ3n) is 3.53. The molecule has 0 radical (unpaired) electrons. The summed E-state index contributed by atoms with van der Waals surface area (Å²) in [7, 11) is 0. The van der Waals surface area contributed by atoms with Crippen molar-refractivity contribution >= 4 is 5.91 Å². The number of hydrogen-bond acceptors (Lipinski definition) is 2. The van der Waals surface area contributed by atoms with Crippen LogP contribution in [0.1, 0.15) is 30.3 Å². The molecule has 0 spiro atoms. The van der Waals surface area contributed by atoms with Crippen LogP contribution in [0.5, 0.6) is 0 Å². The number of likely N-dealkylation sites (tertiary alicyclic amines) is 1. The fraction of sp³-hybridized carbons (Fsp3) is 0.615. The Kier molecular flexibility index (Phi) is 3.82. The molecule has 1 fully saturated rings. The second kappa shape index (κ2) is 5.12. The van der Waals surface area contributed by atoms with Crippen molar-refractivity contribution in [2.24, 2.45) is 0 Å². The van der Waals surface area contributed by atoms with Gasteiger partial charge in [0.1, 0.15) is 12.2 Å². The Balaban J connectivity index is 2.09. The third kappa shape index (κ3) is 3.53. The molecule has 0 aliphatic carbocycles.